The van der Waals surface area contributed by atoms with Crippen LogP contribution in [-0.4, -0.2) is 23.4 Å². The molecule has 0 heterocycles. The number of benzene rings is 2. The Balaban J connectivity index is 1.89. The molecule has 0 saturated heterocycles. The van der Waals surface area contributed by atoms with Crippen molar-refractivity contribution in [3.8, 4) is 0 Å². The van der Waals surface area contributed by atoms with Crippen molar-refractivity contribution in [3.63, 3.8) is 0 Å². The molecule has 1 amide bonds. The summed E-state index contributed by atoms with van der Waals surface area (Å²) in [6.45, 7) is 3.61. The molecule has 0 bridgehead atoms. The van der Waals surface area contributed by atoms with Crippen molar-refractivity contribution in [2.24, 2.45) is 0 Å². The van der Waals surface area contributed by atoms with Gasteiger partial charge in [-0.1, -0.05) is 44.2 Å². The molecule has 27 heavy (non-hydrogen) atoms. The summed E-state index contributed by atoms with van der Waals surface area (Å²) in [5.41, 5.74) is 2.08. The predicted molar refractivity (Wildman–Crippen MR) is 102 cm³/mol. The van der Waals surface area contributed by atoms with Crippen LogP contribution >= 0.6 is 0 Å². The van der Waals surface area contributed by atoms with Gasteiger partial charge >= 0.3 is 5.97 Å². The molecule has 0 unspecified atom stereocenters. The number of rotatable bonds is 7. The van der Waals surface area contributed by atoms with Gasteiger partial charge in [0.05, 0.1) is 4.92 Å². The predicted octanol–water partition coefficient (Wildman–Crippen LogP) is 3.91. The number of amides is 1. The highest BCUT2D eigenvalue weighted by atomic mass is 16.6. The first-order chi connectivity index (χ1) is 12.9. The standard InChI is InChI=1S/C20H20N2O5/c1-14(2)17-8-3-4-9-18(17)21-19(23)13-27-20(24)11-10-15-6-5-7-16(12-15)22(25)26/h3-12,14H,13H2,1-2H3,(H,21,23). The number of ether oxygens (including phenoxy) is 1. The molecule has 2 rings (SSSR count). The average Bonchev–Trinajstić information content (AvgIpc) is 2.65. The number of carbonyl (C=O) groups is 2. The van der Waals surface area contributed by atoms with Gasteiger partial charge in [0, 0.05) is 23.9 Å². The number of carbonyl (C=O) groups excluding carboxylic acids is 2. The number of nitrogens with zero attached hydrogens (tertiary/aromatic N) is 1. The number of hydrogen-bond donors (Lipinski definition) is 1. The number of nitro benzene ring substituents is 1. The smallest absolute Gasteiger partial charge is 0.331 e. The Morgan fingerprint density at radius 2 is 1.93 bits per heavy atom. The second-order valence-electron chi connectivity index (χ2n) is 6.08. The zero-order valence-corrected chi connectivity index (χ0v) is 15.0. The SMILES string of the molecule is CC(C)c1ccccc1NC(=O)COC(=O)C=Cc1cccc([N+](=O)[O-])c1. The van der Waals surface area contributed by atoms with Crippen LogP contribution in [0.4, 0.5) is 11.4 Å². The number of anilines is 1. The summed E-state index contributed by atoms with van der Waals surface area (Å²) in [6, 6.07) is 13.2. The fourth-order valence-corrected chi connectivity index (χ4v) is 2.39. The Bertz CT molecular complexity index is 874. The Morgan fingerprint density at radius 1 is 1.19 bits per heavy atom. The molecule has 0 saturated carbocycles. The topological polar surface area (TPSA) is 98.5 Å². The van der Waals surface area contributed by atoms with Gasteiger partial charge in [0.1, 0.15) is 0 Å². The highest BCUT2D eigenvalue weighted by Crippen LogP contribution is 2.23. The van der Waals surface area contributed by atoms with E-state index in [4.69, 9.17) is 4.74 Å². The minimum absolute atomic E-state index is 0.0753. The number of esters is 1. The zero-order chi connectivity index (χ0) is 19.8. The molecule has 0 aromatic heterocycles. The maximum Gasteiger partial charge on any atom is 0.331 e. The molecule has 2 aromatic carbocycles. The fraction of sp³-hybridized carbons (Fsp3) is 0.200. The molecule has 0 fully saturated rings. The quantitative estimate of drug-likeness (QED) is 0.346. The number of para-hydroxylation sites is 1. The van der Waals surface area contributed by atoms with Crippen LogP contribution in [0.5, 0.6) is 0 Å². The van der Waals surface area contributed by atoms with Gasteiger partial charge in [0.15, 0.2) is 6.61 Å². The Labute approximate surface area is 156 Å². The molecular weight excluding hydrogens is 348 g/mol. The molecule has 0 aliphatic heterocycles. The first-order valence-electron chi connectivity index (χ1n) is 8.35. The van der Waals surface area contributed by atoms with E-state index in [1.54, 1.807) is 12.1 Å². The second-order valence-corrected chi connectivity index (χ2v) is 6.08. The Morgan fingerprint density at radius 3 is 2.63 bits per heavy atom. The second kappa shape index (κ2) is 9.28. The fourth-order valence-electron chi connectivity index (χ4n) is 2.39. The van der Waals surface area contributed by atoms with Crippen molar-refractivity contribution in [3.05, 3.63) is 75.8 Å². The number of hydrogen-bond acceptors (Lipinski definition) is 5. The molecule has 0 aliphatic carbocycles. The van der Waals surface area contributed by atoms with Crippen molar-refractivity contribution >= 4 is 29.3 Å². The molecular formula is C20H20N2O5. The molecule has 1 N–H and O–H groups in total. The third-order valence-electron chi connectivity index (χ3n) is 3.70. The number of non-ortho nitro benzene ring substituents is 1. The molecule has 0 atom stereocenters. The van der Waals surface area contributed by atoms with Gasteiger partial charge in [-0.25, -0.2) is 4.79 Å². The molecule has 2 aromatic rings. The summed E-state index contributed by atoms with van der Waals surface area (Å²) in [5.74, 6) is -0.920. The lowest BCUT2D eigenvalue weighted by Crippen LogP contribution is -2.21. The van der Waals surface area contributed by atoms with E-state index >= 15 is 0 Å². The van der Waals surface area contributed by atoms with E-state index in [2.05, 4.69) is 5.32 Å². The van der Waals surface area contributed by atoms with Gasteiger partial charge in [-0.3, -0.25) is 14.9 Å². The Hall–Kier alpha value is -3.48. The van der Waals surface area contributed by atoms with E-state index in [0.717, 1.165) is 11.6 Å². The van der Waals surface area contributed by atoms with Crippen LogP contribution in [0.1, 0.15) is 30.9 Å². The van der Waals surface area contributed by atoms with E-state index in [-0.39, 0.29) is 11.6 Å². The normalized spacial score (nSPS) is 10.8. The van der Waals surface area contributed by atoms with Crippen molar-refractivity contribution in [1.82, 2.24) is 0 Å². The van der Waals surface area contributed by atoms with E-state index in [0.29, 0.717) is 11.3 Å². The summed E-state index contributed by atoms with van der Waals surface area (Å²) in [7, 11) is 0. The van der Waals surface area contributed by atoms with Gasteiger partial charge < -0.3 is 10.1 Å². The van der Waals surface area contributed by atoms with Crippen LogP contribution in [0.2, 0.25) is 0 Å². The summed E-state index contributed by atoms with van der Waals surface area (Å²) in [5, 5.41) is 13.5. The van der Waals surface area contributed by atoms with Gasteiger partial charge in [-0.2, -0.15) is 0 Å². The molecule has 7 nitrogen and oxygen atoms in total. The summed E-state index contributed by atoms with van der Waals surface area (Å²) in [4.78, 5) is 34.0. The summed E-state index contributed by atoms with van der Waals surface area (Å²) < 4.78 is 4.90. The largest absolute Gasteiger partial charge is 0.452 e. The van der Waals surface area contributed by atoms with Gasteiger partial charge in [-0.15, -0.1) is 0 Å². The Kier molecular flexibility index (Phi) is 6.82. The zero-order valence-electron chi connectivity index (χ0n) is 15.0. The highest BCUT2D eigenvalue weighted by molar-refractivity contribution is 5.95. The van der Waals surface area contributed by atoms with Crippen LogP contribution in [0.15, 0.2) is 54.6 Å². The first kappa shape index (κ1) is 19.8. The van der Waals surface area contributed by atoms with Crippen LogP contribution in [0.25, 0.3) is 6.08 Å². The molecule has 0 aliphatic rings. The van der Waals surface area contributed by atoms with Crippen LogP contribution in [0, 0.1) is 10.1 Å². The summed E-state index contributed by atoms with van der Waals surface area (Å²) >= 11 is 0. The van der Waals surface area contributed by atoms with Crippen molar-refractivity contribution in [1.29, 1.82) is 0 Å². The number of nitro groups is 1. The minimum Gasteiger partial charge on any atom is -0.452 e. The molecule has 7 heteroatoms. The van der Waals surface area contributed by atoms with E-state index in [1.165, 1.54) is 24.3 Å². The maximum absolute atomic E-state index is 12.0. The highest BCUT2D eigenvalue weighted by Gasteiger charge is 2.10. The van der Waals surface area contributed by atoms with E-state index < -0.39 is 23.4 Å². The van der Waals surface area contributed by atoms with Gasteiger partial charge in [0.2, 0.25) is 0 Å². The van der Waals surface area contributed by atoms with Crippen molar-refractivity contribution in [2.45, 2.75) is 19.8 Å². The summed E-state index contributed by atoms with van der Waals surface area (Å²) in [6.07, 6.45) is 2.51. The molecule has 0 radical (unpaired) electrons. The van der Waals surface area contributed by atoms with Crippen LogP contribution in [-0.2, 0) is 14.3 Å². The van der Waals surface area contributed by atoms with Gasteiger partial charge in [-0.05, 0) is 29.2 Å². The van der Waals surface area contributed by atoms with E-state index in [1.807, 2.05) is 32.0 Å². The third-order valence-corrected chi connectivity index (χ3v) is 3.70. The van der Waals surface area contributed by atoms with Crippen molar-refractivity contribution in [2.75, 3.05) is 11.9 Å². The van der Waals surface area contributed by atoms with Crippen LogP contribution < -0.4 is 5.32 Å². The third kappa shape index (κ3) is 6.07. The van der Waals surface area contributed by atoms with Crippen LogP contribution in [0.3, 0.4) is 0 Å². The molecule has 0 spiro atoms. The lowest BCUT2D eigenvalue weighted by Gasteiger charge is -2.13. The van der Waals surface area contributed by atoms with Gasteiger partial charge in [0.25, 0.3) is 11.6 Å². The average molecular weight is 368 g/mol. The monoisotopic (exact) mass is 368 g/mol. The maximum atomic E-state index is 12.0. The first-order valence-corrected chi connectivity index (χ1v) is 8.35. The lowest BCUT2D eigenvalue weighted by molar-refractivity contribution is -0.384. The van der Waals surface area contributed by atoms with E-state index in [9.17, 15) is 19.7 Å². The number of nitrogens with one attached hydrogen (secondary N) is 1. The molecule has 140 valence electrons. The minimum atomic E-state index is -0.714. The van der Waals surface area contributed by atoms with Crippen molar-refractivity contribution < 1.29 is 19.2 Å². The lowest BCUT2D eigenvalue weighted by atomic mass is 10.0.